The summed E-state index contributed by atoms with van der Waals surface area (Å²) >= 11 is 0. The van der Waals surface area contributed by atoms with Crippen molar-refractivity contribution in [2.75, 3.05) is 26.3 Å². The topological polar surface area (TPSA) is 50.8 Å². The van der Waals surface area contributed by atoms with Gasteiger partial charge in [0.2, 0.25) is 0 Å². The number of benzene rings is 1. The van der Waals surface area contributed by atoms with Gasteiger partial charge in [0.1, 0.15) is 0 Å². The molecule has 0 spiro atoms. The zero-order valence-corrected chi connectivity index (χ0v) is 15.2. The zero-order valence-electron chi connectivity index (χ0n) is 14.4. The molecule has 0 saturated carbocycles. The maximum absolute atomic E-state index is 12.9. The molecule has 1 aromatic rings. The van der Waals surface area contributed by atoms with Gasteiger partial charge in [-0.1, -0.05) is 0 Å². The lowest BCUT2D eigenvalue weighted by molar-refractivity contribution is 0.0747. The van der Waals surface area contributed by atoms with Crippen LogP contribution in [0.3, 0.4) is 0 Å². The zero-order chi connectivity index (χ0) is 16.2. The third-order valence-electron chi connectivity index (χ3n) is 4.60. The van der Waals surface area contributed by atoms with E-state index in [4.69, 9.17) is 9.47 Å². The van der Waals surface area contributed by atoms with E-state index in [0.717, 1.165) is 19.5 Å². The van der Waals surface area contributed by atoms with Gasteiger partial charge in [-0.2, -0.15) is 0 Å². The van der Waals surface area contributed by atoms with Crippen LogP contribution in [0.15, 0.2) is 18.2 Å². The Morgan fingerprint density at radius 3 is 2.58 bits per heavy atom. The first-order chi connectivity index (χ1) is 11.2. The average Bonchev–Trinajstić information content (AvgIpc) is 2.88. The summed E-state index contributed by atoms with van der Waals surface area (Å²) in [5.41, 5.74) is 0.676. The van der Waals surface area contributed by atoms with Crippen LogP contribution in [-0.2, 0) is 0 Å². The molecule has 1 N–H and O–H groups in total. The van der Waals surface area contributed by atoms with Crippen LogP contribution in [0.4, 0.5) is 0 Å². The third kappa shape index (κ3) is 4.14. The first-order valence-electron chi connectivity index (χ1n) is 8.66. The Hall–Kier alpha value is -1.46. The third-order valence-corrected chi connectivity index (χ3v) is 4.60. The number of carbonyl (C=O) groups excluding carboxylic acids is 1. The highest BCUT2D eigenvalue weighted by atomic mass is 35.5. The Labute approximate surface area is 150 Å². The van der Waals surface area contributed by atoms with Crippen molar-refractivity contribution in [2.45, 2.75) is 45.2 Å². The van der Waals surface area contributed by atoms with Gasteiger partial charge in [-0.3, -0.25) is 4.79 Å². The van der Waals surface area contributed by atoms with Gasteiger partial charge >= 0.3 is 0 Å². The molecule has 0 aromatic heterocycles. The maximum atomic E-state index is 12.9. The van der Waals surface area contributed by atoms with E-state index >= 15 is 0 Å². The summed E-state index contributed by atoms with van der Waals surface area (Å²) in [6.07, 6.45) is 3.45. The first-order valence-corrected chi connectivity index (χ1v) is 8.66. The lowest BCUT2D eigenvalue weighted by Gasteiger charge is -2.24. The van der Waals surface area contributed by atoms with E-state index < -0.39 is 0 Å². The van der Waals surface area contributed by atoms with E-state index in [1.165, 1.54) is 12.8 Å². The summed E-state index contributed by atoms with van der Waals surface area (Å²) in [5, 5.41) is 3.61. The monoisotopic (exact) mass is 354 g/mol. The van der Waals surface area contributed by atoms with Gasteiger partial charge in [-0.15, -0.1) is 12.4 Å². The predicted molar refractivity (Wildman–Crippen MR) is 96.5 cm³/mol. The number of hydrogen-bond donors (Lipinski definition) is 1. The SMILES string of the molecule is CCOc1ccc(C(=O)N2CCC3CCC(C2)N3)cc1OCC.Cl. The Bertz CT molecular complexity index is 567. The summed E-state index contributed by atoms with van der Waals surface area (Å²) in [7, 11) is 0. The summed E-state index contributed by atoms with van der Waals surface area (Å²) in [5.74, 6) is 1.43. The molecule has 2 aliphatic rings. The minimum Gasteiger partial charge on any atom is -0.490 e. The van der Waals surface area contributed by atoms with Gasteiger partial charge in [0, 0.05) is 30.7 Å². The van der Waals surface area contributed by atoms with Crippen LogP contribution in [0.25, 0.3) is 0 Å². The van der Waals surface area contributed by atoms with Crippen molar-refractivity contribution in [3.63, 3.8) is 0 Å². The molecule has 0 radical (unpaired) electrons. The molecule has 2 heterocycles. The Morgan fingerprint density at radius 2 is 1.83 bits per heavy atom. The number of carbonyl (C=O) groups is 1. The van der Waals surface area contributed by atoms with Gasteiger partial charge in [-0.25, -0.2) is 0 Å². The second-order valence-electron chi connectivity index (χ2n) is 6.21. The van der Waals surface area contributed by atoms with E-state index in [-0.39, 0.29) is 18.3 Å². The van der Waals surface area contributed by atoms with Crippen molar-refractivity contribution in [1.29, 1.82) is 0 Å². The van der Waals surface area contributed by atoms with Crippen molar-refractivity contribution < 1.29 is 14.3 Å². The lowest BCUT2D eigenvalue weighted by atomic mass is 10.1. The molecule has 3 rings (SSSR count). The molecule has 134 valence electrons. The lowest BCUT2D eigenvalue weighted by Crippen LogP contribution is -2.39. The number of fused-ring (bicyclic) bond motifs is 2. The van der Waals surface area contributed by atoms with E-state index in [1.54, 1.807) is 0 Å². The molecule has 2 fully saturated rings. The molecular formula is C18H27ClN2O3. The van der Waals surface area contributed by atoms with Crippen molar-refractivity contribution in [2.24, 2.45) is 0 Å². The molecule has 2 saturated heterocycles. The van der Waals surface area contributed by atoms with E-state index in [0.29, 0.717) is 42.4 Å². The fraction of sp³-hybridized carbons (Fsp3) is 0.611. The summed E-state index contributed by atoms with van der Waals surface area (Å²) in [6, 6.07) is 6.52. The van der Waals surface area contributed by atoms with Crippen molar-refractivity contribution in [1.82, 2.24) is 10.2 Å². The van der Waals surface area contributed by atoms with Gasteiger partial charge in [-0.05, 0) is 51.3 Å². The molecule has 2 unspecified atom stereocenters. The Balaban J connectivity index is 0.00000208. The fourth-order valence-electron chi connectivity index (χ4n) is 3.49. The standard InChI is InChI=1S/C18H26N2O3.ClH/c1-3-22-16-8-5-13(11-17(16)23-4-2)18(21)20-10-9-14-6-7-15(12-20)19-14;/h5,8,11,14-15,19H,3-4,6-7,9-10,12H2,1-2H3;1H. The van der Waals surface area contributed by atoms with E-state index in [2.05, 4.69) is 5.32 Å². The van der Waals surface area contributed by atoms with Crippen LogP contribution in [-0.4, -0.2) is 49.2 Å². The highest BCUT2D eigenvalue weighted by Crippen LogP contribution is 2.29. The Morgan fingerprint density at radius 1 is 1.12 bits per heavy atom. The van der Waals surface area contributed by atoms with Crippen molar-refractivity contribution >= 4 is 18.3 Å². The molecule has 5 nitrogen and oxygen atoms in total. The van der Waals surface area contributed by atoms with Crippen molar-refractivity contribution in [3.8, 4) is 11.5 Å². The average molecular weight is 355 g/mol. The quantitative estimate of drug-likeness (QED) is 0.883. The smallest absolute Gasteiger partial charge is 0.254 e. The highest BCUT2D eigenvalue weighted by molar-refractivity contribution is 5.95. The van der Waals surface area contributed by atoms with E-state index in [9.17, 15) is 4.79 Å². The minimum atomic E-state index is 0. The van der Waals surface area contributed by atoms with Crippen LogP contribution < -0.4 is 14.8 Å². The van der Waals surface area contributed by atoms with E-state index in [1.807, 2.05) is 36.9 Å². The van der Waals surface area contributed by atoms with Crippen LogP contribution >= 0.6 is 12.4 Å². The predicted octanol–water partition coefficient (Wildman–Crippen LogP) is 2.87. The van der Waals surface area contributed by atoms with Gasteiger partial charge in [0.05, 0.1) is 13.2 Å². The molecule has 6 heteroatoms. The number of amides is 1. The van der Waals surface area contributed by atoms with Crippen LogP contribution in [0.5, 0.6) is 11.5 Å². The molecule has 2 aliphatic heterocycles. The van der Waals surface area contributed by atoms with Crippen LogP contribution in [0.2, 0.25) is 0 Å². The first kappa shape index (κ1) is 18.9. The number of hydrogen-bond acceptors (Lipinski definition) is 4. The number of likely N-dealkylation sites (tertiary alicyclic amines) is 1. The van der Waals surface area contributed by atoms with Gasteiger partial charge in [0.15, 0.2) is 11.5 Å². The molecule has 0 aliphatic carbocycles. The number of nitrogens with one attached hydrogen (secondary N) is 1. The van der Waals surface area contributed by atoms with Gasteiger partial charge in [0.25, 0.3) is 5.91 Å². The summed E-state index contributed by atoms with van der Waals surface area (Å²) < 4.78 is 11.2. The second-order valence-corrected chi connectivity index (χ2v) is 6.21. The number of rotatable bonds is 5. The number of nitrogens with zero attached hydrogens (tertiary/aromatic N) is 1. The normalized spacial score (nSPS) is 22.5. The minimum absolute atomic E-state index is 0. The number of ether oxygens (including phenoxy) is 2. The summed E-state index contributed by atoms with van der Waals surface area (Å²) in [4.78, 5) is 14.8. The number of halogens is 1. The fourth-order valence-corrected chi connectivity index (χ4v) is 3.49. The second kappa shape index (κ2) is 8.58. The van der Waals surface area contributed by atoms with Crippen LogP contribution in [0.1, 0.15) is 43.5 Å². The Kier molecular flexibility index (Phi) is 6.75. The molecular weight excluding hydrogens is 328 g/mol. The molecule has 2 atom stereocenters. The maximum Gasteiger partial charge on any atom is 0.254 e. The molecule has 24 heavy (non-hydrogen) atoms. The largest absolute Gasteiger partial charge is 0.490 e. The molecule has 1 aromatic carbocycles. The van der Waals surface area contributed by atoms with Crippen LogP contribution in [0, 0.1) is 0 Å². The highest BCUT2D eigenvalue weighted by Gasteiger charge is 2.31. The summed E-state index contributed by atoms with van der Waals surface area (Å²) in [6.45, 7) is 6.62. The van der Waals surface area contributed by atoms with Crippen molar-refractivity contribution in [3.05, 3.63) is 23.8 Å². The molecule has 2 bridgehead atoms. The molecule has 1 amide bonds. The van der Waals surface area contributed by atoms with Gasteiger partial charge < -0.3 is 19.7 Å².